The van der Waals surface area contributed by atoms with Crippen molar-refractivity contribution in [3.05, 3.63) is 87.5 Å². The fourth-order valence-electron chi connectivity index (χ4n) is 3.03. The van der Waals surface area contributed by atoms with Crippen LogP contribution in [0.3, 0.4) is 0 Å². The molecule has 0 unspecified atom stereocenters. The van der Waals surface area contributed by atoms with Crippen molar-refractivity contribution >= 4 is 11.8 Å². The van der Waals surface area contributed by atoms with E-state index in [0.29, 0.717) is 23.9 Å². The first kappa shape index (κ1) is 20.7. The second-order valence-electron chi connectivity index (χ2n) is 6.57. The maximum absolute atomic E-state index is 12.6. The minimum absolute atomic E-state index is 0.00802. The van der Waals surface area contributed by atoms with Gasteiger partial charge in [0, 0.05) is 28.5 Å². The topological polar surface area (TPSA) is 92.2 Å². The van der Waals surface area contributed by atoms with Crippen LogP contribution in [-0.2, 0) is 6.54 Å². The molecular weight excluding hydrogens is 416 g/mol. The molecule has 0 spiro atoms. The van der Waals surface area contributed by atoms with Gasteiger partial charge in [-0.3, -0.25) is 18.7 Å². The van der Waals surface area contributed by atoms with Gasteiger partial charge in [0.15, 0.2) is 0 Å². The molecule has 8 nitrogen and oxygen atoms in total. The first-order valence-electron chi connectivity index (χ1n) is 9.61. The van der Waals surface area contributed by atoms with Crippen molar-refractivity contribution in [2.45, 2.75) is 18.4 Å². The molecule has 0 atom stereocenters. The molecule has 0 aliphatic rings. The Hall–Kier alpha value is -3.59. The van der Waals surface area contributed by atoms with Crippen LogP contribution in [0.2, 0.25) is 0 Å². The lowest BCUT2D eigenvalue weighted by molar-refractivity contribution is 0.340. The minimum Gasteiger partial charge on any atom is -0.494 e. The van der Waals surface area contributed by atoms with Gasteiger partial charge >= 0.3 is 11.1 Å². The third-order valence-corrected chi connectivity index (χ3v) is 5.35. The standard InChI is InChI=1S/C22H20N4O4S/c1-3-29-17-8-6-16(7-9-17)26-13-12-25(21(27)22(26)28)14-19-23-20(24-30-19)15-4-10-18(31-2)11-5-15/h4-13H,3,14H2,1-2H3. The molecule has 2 heterocycles. The highest BCUT2D eigenvalue weighted by atomic mass is 32.2. The molecule has 2 aromatic carbocycles. The van der Waals surface area contributed by atoms with E-state index in [9.17, 15) is 9.59 Å². The van der Waals surface area contributed by atoms with Gasteiger partial charge in [0.05, 0.1) is 6.61 Å². The van der Waals surface area contributed by atoms with Gasteiger partial charge in [-0.1, -0.05) is 5.16 Å². The zero-order chi connectivity index (χ0) is 21.8. The van der Waals surface area contributed by atoms with Crippen molar-refractivity contribution in [3.63, 3.8) is 0 Å². The van der Waals surface area contributed by atoms with E-state index in [1.165, 1.54) is 21.5 Å². The molecule has 4 rings (SSSR count). The Labute approximate surface area is 182 Å². The number of hydrogen-bond donors (Lipinski definition) is 0. The van der Waals surface area contributed by atoms with Gasteiger partial charge in [-0.2, -0.15) is 4.98 Å². The second kappa shape index (κ2) is 9.05. The number of hydrogen-bond acceptors (Lipinski definition) is 7. The van der Waals surface area contributed by atoms with Crippen LogP contribution in [0.15, 0.2) is 79.9 Å². The Bertz CT molecular complexity index is 1290. The molecule has 0 radical (unpaired) electrons. The quantitative estimate of drug-likeness (QED) is 0.324. The maximum atomic E-state index is 12.6. The maximum Gasteiger partial charge on any atom is 0.320 e. The zero-order valence-corrected chi connectivity index (χ0v) is 17.8. The molecule has 0 amide bonds. The van der Waals surface area contributed by atoms with E-state index < -0.39 is 11.1 Å². The van der Waals surface area contributed by atoms with Gasteiger partial charge in [-0.25, -0.2) is 0 Å². The van der Waals surface area contributed by atoms with Gasteiger partial charge < -0.3 is 9.26 Å². The molecule has 0 fully saturated rings. The van der Waals surface area contributed by atoms with E-state index >= 15 is 0 Å². The van der Waals surface area contributed by atoms with Crippen LogP contribution in [0.25, 0.3) is 17.1 Å². The van der Waals surface area contributed by atoms with Crippen molar-refractivity contribution in [2.24, 2.45) is 0 Å². The van der Waals surface area contributed by atoms with Gasteiger partial charge in [-0.15, -0.1) is 11.8 Å². The molecule has 9 heteroatoms. The summed E-state index contributed by atoms with van der Waals surface area (Å²) in [6, 6.07) is 14.7. The Balaban J connectivity index is 1.56. The average molecular weight is 436 g/mol. The molecule has 31 heavy (non-hydrogen) atoms. The Morgan fingerprint density at radius 1 is 1.00 bits per heavy atom. The van der Waals surface area contributed by atoms with E-state index in [1.54, 1.807) is 36.0 Å². The molecule has 4 aromatic rings. The van der Waals surface area contributed by atoms with Crippen LogP contribution >= 0.6 is 11.8 Å². The Morgan fingerprint density at radius 3 is 2.42 bits per heavy atom. The smallest absolute Gasteiger partial charge is 0.320 e. The highest BCUT2D eigenvalue weighted by molar-refractivity contribution is 7.98. The van der Waals surface area contributed by atoms with Crippen molar-refractivity contribution < 1.29 is 9.26 Å². The average Bonchev–Trinajstić information content (AvgIpc) is 3.27. The van der Waals surface area contributed by atoms with E-state index in [0.717, 1.165) is 10.5 Å². The third-order valence-electron chi connectivity index (χ3n) is 4.61. The second-order valence-corrected chi connectivity index (χ2v) is 7.45. The summed E-state index contributed by atoms with van der Waals surface area (Å²) < 4.78 is 13.2. The van der Waals surface area contributed by atoms with Gasteiger partial charge in [-0.05, 0) is 61.7 Å². The summed E-state index contributed by atoms with van der Waals surface area (Å²) in [5, 5.41) is 3.98. The molecule has 0 aliphatic heterocycles. The van der Waals surface area contributed by atoms with Crippen LogP contribution in [-0.4, -0.2) is 32.1 Å². The summed E-state index contributed by atoms with van der Waals surface area (Å²) in [6.45, 7) is 2.45. The number of thioether (sulfide) groups is 1. The molecule has 0 saturated heterocycles. The van der Waals surface area contributed by atoms with E-state index in [-0.39, 0.29) is 12.4 Å². The monoisotopic (exact) mass is 436 g/mol. The van der Waals surface area contributed by atoms with Crippen molar-refractivity contribution in [2.75, 3.05) is 12.9 Å². The number of benzene rings is 2. The lowest BCUT2D eigenvalue weighted by Gasteiger charge is -2.09. The number of aromatic nitrogens is 4. The number of ether oxygens (including phenoxy) is 1. The molecule has 0 bridgehead atoms. The fourth-order valence-corrected chi connectivity index (χ4v) is 3.44. The summed E-state index contributed by atoms with van der Waals surface area (Å²) in [5.74, 6) is 1.37. The van der Waals surface area contributed by atoms with Crippen LogP contribution in [0.5, 0.6) is 5.75 Å². The van der Waals surface area contributed by atoms with Crippen molar-refractivity contribution in [1.82, 2.24) is 19.3 Å². The molecular formula is C22H20N4O4S. The normalized spacial score (nSPS) is 10.9. The summed E-state index contributed by atoms with van der Waals surface area (Å²) in [5.41, 5.74) is 0.0389. The Morgan fingerprint density at radius 2 is 1.74 bits per heavy atom. The lowest BCUT2D eigenvalue weighted by Crippen LogP contribution is -2.40. The van der Waals surface area contributed by atoms with Crippen molar-refractivity contribution in [1.29, 1.82) is 0 Å². The van der Waals surface area contributed by atoms with Crippen LogP contribution < -0.4 is 15.9 Å². The Kier molecular flexibility index (Phi) is 6.03. The van der Waals surface area contributed by atoms with Gasteiger partial charge in [0.1, 0.15) is 12.3 Å². The largest absolute Gasteiger partial charge is 0.494 e. The SMILES string of the molecule is CCOc1ccc(-n2ccn(Cc3nc(-c4ccc(SC)cc4)no3)c(=O)c2=O)cc1. The van der Waals surface area contributed by atoms with Gasteiger partial charge in [0.25, 0.3) is 0 Å². The summed E-state index contributed by atoms with van der Waals surface area (Å²) in [6.07, 6.45) is 5.07. The molecule has 158 valence electrons. The molecule has 0 saturated carbocycles. The molecule has 0 N–H and O–H groups in total. The first-order chi connectivity index (χ1) is 15.1. The summed E-state index contributed by atoms with van der Waals surface area (Å²) in [7, 11) is 0. The van der Waals surface area contributed by atoms with E-state index in [2.05, 4.69) is 10.1 Å². The van der Waals surface area contributed by atoms with Gasteiger partial charge in [0.2, 0.25) is 11.7 Å². The number of nitrogens with zero attached hydrogens (tertiary/aromatic N) is 4. The molecule has 0 aliphatic carbocycles. The number of rotatable bonds is 7. The predicted octanol–water partition coefficient (Wildman–Crippen LogP) is 3.22. The fraction of sp³-hybridized carbons (Fsp3) is 0.182. The first-order valence-corrected chi connectivity index (χ1v) is 10.8. The van der Waals surface area contributed by atoms with E-state index in [4.69, 9.17) is 9.26 Å². The van der Waals surface area contributed by atoms with Crippen LogP contribution in [0.4, 0.5) is 0 Å². The van der Waals surface area contributed by atoms with Crippen LogP contribution in [0, 0.1) is 0 Å². The van der Waals surface area contributed by atoms with E-state index in [1.807, 2.05) is 37.4 Å². The third kappa shape index (κ3) is 4.46. The zero-order valence-electron chi connectivity index (χ0n) is 17.0. The summed E-state index contributed by atoms with van der Waals surface area (Å²) in [4.78, 5) is 30.7. The minimum atomic E-state index is -0.680. The van der Waals surface area contributed by atoms with Crippen molar-refractivity contribution in [3.8, 4) is 22.8 Å². The predicted molar refractivity (Wildman–Crippen MR) is 118 cm³/mol. The molecule has 2 aromatic heterocycles. The lowest BCUT2D eigenvalue weighted by atomic mass is 10.2. The van der Waals surface area contributed by atoms with Crippen LogP contribution in [0.1, 0.15) is 12.8 Å². The highest BCUT2D eigenvalue weighted by Gasteiger charge is 2.12. The summed E-state index contributed by atoms with van der Waals surface area (Å²) >= 11 is 1.64. The highest BCUT2D eigenvalue weighted by Crippen LogP contribution is 2.21.